The second kappa shape index (κ2) is 5.66. The second-order valence-corrected chi connectivity index (χ2v) is 8.65. The van der Waals surface area contributed by atoms with Crippen molar-refractivity contribution in [2.45, 2.75) is 17.9 Å². The molecule has 0 spiro atoms. The van der Waals surface area contributed by atoms with Crippen molar-refractivity contribution in [3.05, 3.63) is 0 Å². The van der Waals surface area contributed by atoms with E-state index in [1.165, 1.54) is 6.26 Å². The third-order valence-corrected chi connectivity index (χ3v) is 6.20. The van der Waals surface area contributed by atoms with Gasteiger partial charge in [0.05, 0.1) is 12.2 Å². The average Bonchev–Trinajstić information content (AvgIpc) is 2.26. The molecule has 0 aromatic heterocycles. The summed E-state index contributed by atoms with van der Waals surface area (Å²) in [6, 6.07) is 0. The summed E-state index contributed by atoms with van der Waals surface area (Å²) in [5.74, 6) is 1.68. The van der Waals surface area contributed by atoms with Gasteiger partial charge in [0, 0.05) is 43.9 Å². The van der Waals surface area contributed by atoms with Crippen LogP contribution in [0.5, 0.6) is 0 Å². The zero-order valence-corrected chi connectivity index (χ0v) is 12.6. The number of nitrogens with one attached hydrogen (secondary N) is 1. The molecule has 2 rings (SSSR count). The van der Waals surface area contributed by atoms with E-state index in [0.29, 0.717) is 18.9 Å². The third-order valence-electron chi connectivity index (χ3n) is 3.51. The Bertz CT molecular complexity index is 382. The SMILES string of the molecule is CC1(OCCN2CCSCC2S(C)(=O)=O)CNC1. The first-order chi connectivity index (χ1) is 8.41. The van der Waals surface area contributed by atoms with E-state index in [0.717, 1.165) is 25.4 Å². The molecule has 0 radical (unpaired) electrons. The van der Waals surface area contributed by atoms with Crippen LogP contribution in [0.1, 0.15) is 6.92 Å². The molecule has 2 saturated heterocycles. The van der Waals surface area contributed by atoms with Gasteiger partial charge in [0.1, 0.15) is 5.37 Å². The van der Waals surface area contributed by atoms with Crippen LogP contribution in [0.4, 0.5) is 0 Å². The van der Waals surface area contributed by atoms with Gasteiger partial charge in [0.25, 0.3) is 0 Å². The average molecular weight is 294 g/mol. The minimum atomic E-state index is -3.00. The van der Waals surface area contributed by atoms with E-state index >= 15 is 0 Å². The molecule has 5 nitrogen and oxygen atoms in total. The van der Waals surface area contributed by atoms with E-state index < -0.39 is 9.84 Å². The smallest absolute Gasteiger partial charge is 0.164 e. The summed E-state index contributed by atoms with van der Waals surface area (Å²) in [7, 11) is -3.00. The number of rotatable bonds is 5. The fraction of sp³-hybridized carbons (Fsp3) is 1.00. The standard InChI is InChI=1S/C11H22N2O3S2/c1-11(8-12-9-11)16-5-3-13-4-6-17-7-10(13)18(2,14)15/h10,12H,3-9H2,1-2H3. The van der Waals surface area contributed by atoms with Gasteiger partial charge in [-0.05, 0) is 6.92 Å². The number of ether oxygens (including phenoxy) is 1. The highest BCUT2D eigenvalue weighted by atomic mass is 32.2. The minimum absolute atomic E-state index is 0.0505. The summed E-state index contributed by atoms with van der Waals surface area (Å²) in [6.07, 6.45) is 1.33. The first-order valence-electron chi connectivity index (χ1n) is 6.26. The van der Waals surface area contributed by atoms with Crippen molar-refractivity contribution in [2.24, 2.45) is 0 Å². The molecule has 1 atom stereocenters. The number of thioether (sulfide) groups is 1. The highest BCUT2D eigenvalue weighted by Gasteiger charge is 2.34. The summed E-state index contributed by atoms with van der Waals surface area (Å²) in [5, 5.41) is 2.84. The summed E-state index contributed by atoms with van der Waals surface area (Å²) < 4.78 is 29.3. The molecule has 0 aromatic rings. The minimum Gasteiger partial charge on any atom is -0.371 e. The van der Waals surface area contributed by atoms with Gasteiger partial charge in [-0.25, -0.2) is 8.42 Å². The predicted molar refractivity (Wildman–Crippen MR) is 74.8 cm³/mol. The molecule has 2 aliphatic heterocycles. The van der Waals surface area contributed by atoms with Gasteiger partial charge >= 0.3 is 0 Å². The highest BCUT2D eigenvalue weighted by molar-refractivity contribution is 8.00. The number of nitrogens with zero attached hydrogens (tertiary/aromatic N) is 1. The molecule has 1 unspecified atom stereocenters. The van der Waals surface area contributed by atoms with Crippen LogP contribution in [0.3, 0.4) is 0 Å². The van der Waals surface area contributed by atoms with Crippen molar-refractivity contribution in [3.63, 3.8) is 0 Å². The molecule has 0 saturated carbocycles. The van der Waals surface area contributed by atoms with Crippen molar-refractivity contribution in [2.75, 3.05) is 50.5 Å². The van der Waals surface area contributed by atoms with Crippen LogP contribution in [0, 0.1) is 0 Å². The lowest BCUT2D eigenvalue weighted by atomic mass is 10.0. The van der Waals surface area contributed by atoms with Gasteiger partial charge < -0.3 is 10.1 Å². The quantitative estimate of drug-likeness (QED) is 0.757. The van der Waals surface area contributed by atoms with Crippen LogP contribution in [-0.2, 0) is 14.6 Å². The Morgan fingerprint density at radius 3 is 2.78 bits per heavy atom. The van der Waals surface area contributed by atoms with Crippen LogP contribution in [0.25, 0.3) is 0 Å². The Morgan fingerprint density at radius 2 is 2.22 bits per heavy atom. The maximum atomic E-state index is 11.7. The molecular weight excluding hydrogens is 272 g/mol. The highest BCUT2D eigenvalue weighted by Crippen LogP contribution is 2.21. The van der Waals surface area contributed by atoms with Crippen molar-refractivity contribution in [1.82, 2.24) is 10.2 Å². The first-order valence-corrected chi connectivity index (χ1v) is 9.37. The summed E-state index contributed by atoms with van der Waals surface area (Å²) in [4.78, 5) is 2.04. The van der Waals surface area contributed by atoms with Crippen LogP contribution in [0.2, 0.25) is 0 Å². The zero-order valence-electron chi connectivity index (χ0n) is 11.0. The zero-order chi connectivity index (χ0) is 13.2. The van der Waals surface area contributed by atoms with Gasteiger partial charge in [-0.2, -0.15) is 11.8 Å². The van der Waals surface area contributed by atoms with Crippen molar-refractivity contribution in [1.29, 1.82) is 0 Å². The predicted octanol–water partition coefficient (Wildman–Crippen LogP) is -0.216. The van der Waals surface area contributed by atoms with Crippen LogP contribution in [-0.4, -0.2) is 74.8 Å². The Kier molecular flexibility index (Phi) is 4.59. The molecule has 0 aliphatic carbocycles. The Hall–Kier alpha value is 0.180. The van der Waals surface area contributed by atoms with E-state index in [-0.39, 0.29) is 11.0 Å². The molecule has 7 heteroatoms. The Labute approximate surface area is 114 Å². The van der Waals surface area contributed by atoms with E-state index in [2.05, 4.69) is 12.2 Å². The lowest BCUT2D eigenvalue weighted by Crippen LogP contribution is -2.59. The lowest BCUT2D eigenvalue weighted by molar-refractivity contribution is -0.0723. The molecule has 18 heavy (non-hydrogen) atoms. The Morgan fingerprint density at radius 1 is 1.50 bits per heavy atom. The normalized spacial score (nSPS) is 28.9. The third kappa shape index (κ3) is 3.60. The van der Waals surface area contributed by atoms with Crippen LogP contribution < -0.4 is 5.32 Å². The van der Waals surface area contributed by atoms with Crippen LogP contribution >= 0.6 is 11.8 Å². The molecular formula is C11H22N2O3S2. The number of hydrogen-bond donors (Lipinski definition) is 1. The largest absolute Gasteiger partial charge is 0.371 e. The van der Waals surface area contributed by atoms with Gasteiger partial charge in [0.2, 0.25) is 0 Å². The Balaban J connectivity index is 1.82. The molecule has 2 fully saturated rings. The van der Waals surface area contributed by atoms with E-state index in [1.807, 2.05) is 4.90 Å². The summed E-state index contributed by atoms with van der Waals surface area (Å²) >= 11 is 1.72. The molecule has 1 N–H and O–H groups in total. The van der Waals surface area contributed by atoms with Crippen molar-refractivity contribution >= 4 is 21.6 Å². The van der Waals surface area contributed by atoms with Gasteiger partial charge in [-0.3, -0.25) is 4.90 Å². The number of hydrogen-bond acceptors (Lipinski definition) is 6. The van der Waals surface area contributed by atoms with Gasteiger partial charge in [0.15, 0.2) is 9.84 Å². The van der Waals surface area contributed by atoms with E-state index in [1.54, 1.807) is 11.8 Å². The topological polar surface area (TPSA) is 58.6 Å². The lowest BCUT2D eigenvalue weighted by Gasteiger charge is -2.40. The number of sulfone groups is 1. The first kappa shape index (κ1) is 14.6. The van der Waals surface area contributed by atoms with Gasteiger partial charge in [-0.1, -0.05) is 0 Å². The molecule has 0 bridgehead atoms. The summed E-state index contributed by atoms with van der Waals surface area (Å²) in [5.41, 5.74) is -0.0505. The summed E-state index contributed by atoms with van der Waals surface area (Å²) in [6.45, 7) is 6.00. The molecule has 2 aliphatic rings. The maximum Gasteiger partial charge on any atom is 0.164 e. The monoisotopic (exact) mass is 294 g/mol. The fourth-order valence-electron chi connectivity index (χ4n) is 2.25. The fourth-order valence-corrected chi connectivity index (χ4v) is 5.23. The van der Waals surface area contributed by atoms with Gasteiger partial charge in [-0.15, -0.1) is 0 Å². The van der Waals surface area contributed by atoms with Crippen molar-refractivity contribution < 1.29 is 13.2 Å². The molecule has 0 amide bonds. The molecule has 2 heterocycles. The second-order valence-electron chi connectivity index (χ2n) is 5.30. The van der Waals surface area contributed by atoms with Crippen LogP contribution in [0.15, 0.2) is 0 Å². The molecule has 0 aromatic carbocycles. The van der Waals surface area contributed by atoms with E-state index in [9.17, 15) is 8.42 Å². The molecule has 106 valence electrons. The van der Waals surface area contributed by atoms with Crippen molar-refractivity contribution in [3.8, 4) is 0 Å². The van der Waals surface area contributed by atoms with E-state index in [4.69, 9.17) is 4.74 Å². The maximum absolute atomic E-state index is 11.7.